The van der Waals surface area contributed by atoms with Gasteiger partial charge in [0.1, 0.15) is 11.5 Å². The fourth-order valence-corrected chi connectivity index (χ4v) is 4.35. The lowest BCUT2D eigenvalue weighted by Crippen LogP contribution is -2.21. The topological polar surface area (TPSA) is 62.1 Å². The summed E-state index contributed by atoms with van der Waals surface area (Å²) < 4.78 is 19.5. The maximum absolute atomic E-state index is 12.5. The van der Waals surface area contributed by atoms with Gasteiger partial charge in [0.25, 0.3) is 5.91 Å². The summed E-state index contributed by atoms with van der Waals surface area (Å²) in [5, 5.41) is 0.836. The number of hydrogen-bond acceptors (Lipinski definition) is 5. The van der Waals surface area contributed by atoms with Crippen LogP contribution in [0.2, 0.25) is 10.0 Å². The Morgan fingerprint density at radius 2 is 1.93 bits per heavy atom. The highest BCUT2D eigenvalue weighted by molar-refractivity contribution is 7.16. The highest BCUT2D eigenvalue weighted by Crippen LogP contribution is 2.27. The van der Waals surface area contributed by atoms with Crippen molar-refractivity contribution in [3.05, 3.63) is 51.2 Å². The smallest absolute Gasteiger partial charge is 0.286 e. The molecule has 0 unspecified atom stereocenters. The zero-order valence-electron chi connectivity index (χ0n) is 16.7. The number of nitrogens with zero attached hydrogens (tertiary/aromatic N) is 2. The van der Waals surface area contributed by atoms with Gasteiger partial charge in [0.15, 0.2) is 11.4 Å². The second kappa shape index (κ2) is 10.8. The summed E-state index contributed by atoms with van der Waals surface area (Å²) in [6, 6.07) is 10.7. The van der Waals surface area contributed by atoms with Crippen LogP contribution in [0.5, 0.6) is 11.5 Å². The van der Waals surface area contributed by atoms with E-state index in [1.54, 1.807) is 18.2 Å². The first kappa shape index (κ1) is 22.6. The normalized spacial score (nSPS) is 11.8. The van der Waals surface area contributed by atoms with Crippen molar-refractivity contribution in [3.63, 3.8) is 0 Å². The number of fused-ring (bicyclic) bond motifs is 1. The van der Waals surface area contributed by atoms with Gasteiger partial charge >= 0.3 is 0 Å². The number of benzene rings is 2. The van der Waals surface area contributed by atoms with Crippen molar-refractivity contribution < 1.29 is 19.0 Å². The molecule has 30 heavy (non-hydrogen) atoms. The van der Waals surface area contributed by atoms with E-state index in [0.717, 1.165) is 16.0 Å². The number of aromatic nitrogens is 1. The van der Waals surface area contributed by atoms with E-state index in [1.165, 1.54) is 11.3 Å². The second-order valence-corrected chi connectivity index (χ2v) is 8.02. The van der Waals surface area contributed by atoms with Crippen molar-refractivity contribution in [2.75, 3.05) is 26.4 Å². The number of ether oxygens (including phenoxy) is 3. The Hall–Kier alpha value is -2.06. The lowest BCUT2D eigenvalue weighted by atomic mass is 10.3. The van der Waals surface area contributed by atoms with Crippen molar-refractivity contribution in [1.29, 1.82) is 0 Å². The molecule has 0 aliphatic carbocycles. The summed E-state index contributed by atoms with van der Waals surface area (Å²) in [7, 11) is 0. The Kier molecular flexibility index (Phi) is 8.16. The Labute approximate surface area is 188 Å². The number of halogens is 2. The van der Waals surface area contributed by atoms with Crippen LogP contribution in [0.1, 0.15) is 13.8 Å². The Morgan fingerprint density at radius 3 is 2.67 bits per heavy atom. The van der Waals surface area contributed by atoms with Crippen molar-refractivity contribution in [2.24, 2.45) is 4.99 Å². The van der Waals surface area contributed by atoms with E-state index in [4.69, 9.17) is 37.4 Å². The maximum Gasteiger partial charge on any atom is 0.286 e. The van der Waals surface area contributed by atoms with Crippen LogP contribution < -0.4 is 14.3 Å². The van der Waals surface area contributed by atoms with Gasteiger partial charge < -0.3 is 18.8 Å². The first-order chi connectivity index (χ1) is 14.5. The molecule has 0 bridgehead atoms. The molecular weight excluding hydrogens is 447 g/mol. The van der Waals surface area contributed by atoms with Gasteiger partial charge in [0.05, 0.1) is 28.5 Å². The van der Waals surface area contributed by atoms with Crippen LogP contribution >= 0.6 is 34.5 Å². The molecule has 0 N–H and O–H groups in total. The number of carbonyl (C=O) groups is 1. The predicted octanol–water partition coefficient (Wildman–Crippen LogP) is 4.95. The summed E-state index contributed by atoms with van der Waals surface area (Å²) in [5.41, 5.74) is 0.969. The predicted molar refractivity (Wildman–Crippen MR) is 120 cm³/mol. The first-order valence-electron chi connectivity index (χ1n) is 9.51. The zero-order valence-corrected chi connectivity index (χ0v) is 19.0. The lowest BCUT2D eigenvalue weighted by Gasteiger charge is -2.07. The molecule has 2 aromatic carbocycles. The van der Waals surface area contributed by atoms with Crippen molar-refractivity contribution >= 4 is 50.7 Å². The molecule has 0 radical (unpaired) electrons. The molecule has 9 heteroatoms. The van der Waals surface area contributed by atoms with Crippen LogP contribution in [0.15, 0.2) is 41.4 Å². The molecule has 0 fully saturated rings. The molecule has 0 spiro atoms. The Bertz CT molecular complexity index is 1090. The number of rotatable bonds is 9. The third-order valence-electron chi connectivity index (χ3n) is 4.09. The van der Waals surface area contributed by atoms with E-state index < -0.39 is 5.91 Å². The van der Waals surface area contributed by atoms with Gasteiger partial charge in [-0.25, -0.2) is 0 Å². The van der Waals surface area contributed by atoms with Crippen LogP contribution in [-0.4, -0.2) is 36.9 Å². The molecule has 0 aliphatic heterocycles. The third-order valence-corrected chi connectivity index (χ3v) is 5.67. The molecule has 0 atom stereocenters. The van der Waals surface area contributed by atoms with Gasteiger partial charge in [-0.3, -0.25) is 4.79 Å². The molecule has 3 aromatic rings. The average molecular weight is 469 g/mol. The molecule has 0 saturated carbocycles. The van der Waals surface area contributed by atoms with E-state index in [1.807, 2.05) is 36.6 Å². The van der Waals surface area contributed by atoms with Gasteiger partial charge in [-0.2, -0.15) is 4.99 Å². The summed E-state index contributed by atoms with van der Waals surface area (Å²) in [4.78, 5) is 17.3. The zero-order chi connectivity index (χ0) is 21.5. The number of amides is 1. The third kappa shape index (κ3) is 5.76. The van der Waals surface area contributed by atoms with Crippen LogP contribution in [0, 0.1) is 0 Å². The number of hydrogen-bond donors (Lipinski definition) is 0. The minimum Gasteiger partial charge on any atom is -0.494 e. The SMILES string of the molecule is CCOCCn1c(=NC(=O)COc2ccc(Cl)cc2Cl)sc2cc(OCC)ccc21. The van der Waals surface area contributed by atoms with Gasteiger partial charge in [0, 0.05) is 18.2 Å². The molecular formula is C21H22Cl2N2O4S. The van der Waals surface area contributed by atoms with Gasteiger partial charge in [0.2, 0.25) is 0 Å². The van der Waals surface area contributed by atoms with E-state index in [9.17, 15) is 4.79 Å². The molecule has 0 aliphatic rings. The van der Waals surface area contributed by atoms with Gasteiger partial charge in [-0.1, -0.05) is 34.5 Å². The molecule has 1 aromatic heterocycles. The summed E-state index contributed by atoms with van der Waals surface area (Å²) >= 11 is 13.4. The van der Waals surface area contributed by atoms with Crippen LogP contribution in [0.4, 0.5) is 0 Å². The fourth-order valence-electron chi connectivity index (χ4n) is 2.78. The summed E-state index contributed by atoms with van der Waals surface area (Å²) in [6.45, 7) is 5.96. The standard InChI is InChI=1S/C21H22Cl2N2O4S/c1-3-27-10-9-25-17-7-6-15(28-4-2)12-19(17)30-21(25)24-20(26)13-29-18-8-5-14(22)11-16(18)23/h5-8,11-12H,3-4,9-10,13H2,1-2H3. The molecule has 0 saturated heterocycles. The van der Waals surface area contributed by atoms with Crippen LogP contribution in [0.3, 0.4) is 0 Å². The van der Waals surface area contributed by atoms with Gasteiger partial charge in [-0.05, 0) is 50.2 Å². The van der Waals surface area contributed by atoms with E-state index >= 15 is 0 Å². The lowest BCUT2D eigenvalue weighted by molar-refractivity contribution is -0.120. The monoisotopic (exact) mass is 468 g/mol. The van der Waals surface area contributed by atoms with E-state index in [-0.39, 0.29) is 6.61 Å². The Balaban J connectivity index is 1.86. The summed E-state index contributed by atoms with van der Waals surface area (Å²) in [5.74, 6) is 0.746. The van der Waals surface area contributed by atoms with E-state index in [2.05, 4.69) is 4.99 Å². The van der Waals surface area contributed by atoms with Crippen LogP contribution in [-0.2, 0) is 16.1 Å². The van der Waals surface area contributed by atoms with Crippen LogP contribution in [0.25, 0.3) is 10.2 Å². The maximum atomic E-state index is 12.5. The highest BCUT2D eigenvalue weighted by atomic mass is 35.5. The Morgan fingerprint density at radius 1 is 1.10 bits per heavy atom. The van der Waals surface area contributed by atoms with Gasteiger partial charge in [-0.15, -0.1) is 0 Å². The molecule has 6 nitrogen and oxygen atoms in total. The molecule has 160 valence electrons. The second-order valence-electron chi connectivity index (χ2n) is 6.16. The van der Waals surface area contributed by atoms with Crippen molar-refractivity contribution in [3.8, 4) is 11.5 Å². The largest absolute Gasteiger partial charge is 0.494 e. The fraction of sp³-hybridized carbons (Fsp3) is 0.333. The minimum atomic E-state index is -0.414. The average Bonchev–Trinajstić information content (AvgIpc) is 3.04. The van der Waals surface area contributed by atoms with Crippen molar-refractivity contribution in [1.82, 2.24) is 4.57 Å². The molecule has 1 heterocycles. The quantitative estimate of drug-likeness (QED) is 0.416. The number of carbonyl (C=O) groups excluding carboxylic acids is 1. The first-order valence-corrected chi connectivity index (χ1v) is 11.1. The summed E-state index contributed by atoms with van der Waals surface area (Å²) in [6.07, 6.45) is 0. The minimum absolute atomic E-state index is 0.231. The molecule has 3 rings (SSSR count). The number of thiazole rings is 1. The van der Waals surface area contributed by atoms with Crippen molar-refractivity contribution in [2.45, 2.75) is 20.4 Å². The van der Waals surface area contributed by atoms with E-state index in [0.29, 0.717) is 47.0 Å². The molecule has 1 amide bonds. The highest BCUT2D eigenvalue weighted by Gasteiger charge is 2.11.